The van der Waals surface area contributed by atoms with Crippen molar-refractivity contribution >= 4 is 37.7 Å². The predicted octanol–water partition coefficient (Wildman–Crippen LogP) is 2.14. The Morgan fingerprint density at radius 2 is 2.38 bits per heavy atom. The first-order valence-electron chi connectivity index (χ1n) is 5.22. The third kappa shape index (κ3) is 2.32. The summed E-state index contributed by atoms with van der Waals surface area (Å²) >= 11 is 6.95. The quantitative estimate of drug-likeness (QED) is 0.789. The van der Waals surface area contributed by atoms with Crippen molar-refractivity contribution in [1.29, 1.82) is 0 Å². The Balaban J connectivity index is 2.25. The van der Waals surface area contributed by atoms with Gasteiger partial charge in [-0.05, 0) is 28.3 Å². The Kier molecular flexibility index (Phi) is 3.69. The first kappa shape index (κ1) is 12.1. The number of anilines is 1. The summed E-state index contributed by atoms with van der Waals surface area (Å²) in [5, 5.41) is 0. The molecule has 6 heteroatoms. The molecule has 1 saturated heterocycles. The van der Waals surface area contributed by atoms with Crippen LogP contribution in [0.4, 0.5) is 5.82 Å². The van der Waals surface area contributed by atoms with Gasteiger partial charge in [0, 0.05) is 17.9 Å². The lowest BCUT2D eigenvalue weighted by Gasteiger charge is -2.35. The maximum absolute atomic E-state index is 11.4. The number of rotatable bonds is 1. The van der Waals surface area contributed by atoms with Gasteiger partial charge in [0.2, 0.25) is 0 Å². The Morgan fingerprint density at radius 1 is 1.62 bits per heavy atom. The molecule has 4 nitrogen and oxygen atoms in total. The highest BCUT2D eigenvalue weighted by Crippen LogP contribution is 2.28. The molecule has 0 amide bonds. The average molecular weight is 351 g/mol. The maximum atomic E-state index is 11.4. The molecule has 0 bridgehead atoms. The van der Waals surface area contributed by atoms with Crippen molar-refractivity contribution in [1.82, 2.24) is 9.97 Å². The van der Waals surface area contributed by atoms with E-state index >= 15 is 0 Å². The van der Waals surface area contributed by atoms with Crippen molar-refractivity contribution in [2.45, 2.75) is 18.2 Å². The van der Waals surface area contributed by atoms with Crippen LogP contribution in [0.15, 0.2) is 15.6 Å². The van der Waals surface area contributed by atoms with E-state index in [1.54, 1.807) is 0 Å². The number of aromatic amines is 1. The lowest BCUT2D eigenvalue weighted by atomic mass is 10.0. The molecule has 2 heterocycles. The number of hydrogen-bond donors (Lipinski definition) is 1. The highest BCUT2D eigenvalue weighted by Gasteiger charge is 2.26. The predicted molar refractivity (Wildman–Crippen MR) is 71.3 cm³/mol. The van der Waals surface area contributed by atoms with Gasteiger partial charge in [0.1, 0.15) is 10.3 Å². The summed E-state index contributed by atoms with van der Waals surface area (Å²) in [5.41, 5.74) is -0.126. The second-order valence-electron chi connectivity index (χ2n) is 4.10. The minimum atomic E-state index is -0.126. The van der Waals surface area contributed by atoms with Crippen LogP contribution in [0, 0.1) is 5.92 Å². The van der Waals surface area contributed by atoms with Gasteiger partial charge >= 0.3 is 0 Å². The summed E-state index contributed by atoms with van der Waals surface area (Å²) in [5.74, 6) is 1.30. The molecule has 16 heavy (non-hydrogen) atoms. The van der Waals surface area contributed by atoms with E-state index in [0.29, 0.717) is 15.2 Å². The van der Waals surface area contributed by atoms with Crippen LogP contribution in [-0.2, 0) is 0 Å². The summed E-state index contributed by atoms with van der Waals surface area (Å²) < 4.78 is 0.523. The van der Waals surface area contributed by atoms with Gasteiger partial charge < -0.3 is 9.88 Å². The van der Waals surface area contributed by atoms with E-state index in [2.05, 4.69) is 53.7 Å². The summed E-state index contributed by atoms with van der Waals surface area (Å²) in [7, 11) is 0. The number of hydrogen-bond acceptors (Lipinski definition) is 3. The number of alkyl halides is 1. The standard InChI is InChI=1S/C10H13Br2N3O/c1-6-4-15(3-2-7(6)11)9-8(12)10(16)14-5-13-9/h5-7H,2-4H2,1H3,(H,13,14,16). The first-order valence-corrected chi connectivity index (χ1v) is 6.92. The van der Waals surface area contributed by atoms with Gasteiger partial charge in [-0.1, -0.05) is 22.9 Å². The zero-order valence-electron chi connectivity index (χ0n) is 8.91. The van der Waals surface area contributed by atoms with Crippen LogP contribution in [-0.4, -0.2) is 27.9 Å². The fraction of sp³-hybridized carbons (Fsp3) is 0.600. The summed E-state index contributed by atoms with van der Waals surface area (Å²) in [4.78, 5) is 20.9. The first-order chi connectivity index (χ1) is 7.59. The monoisotopic (exact) mass is 349 g/mol. The number of piperidine rings is 1. The third-order valence-corrected chi connectivity index (χ3v) is 4.95. The van der Waals surface area contributed by atoms with Gasteiger partial charge in [0.15, 0.2) is 0 Å². The molecule has 0 radical (unpaired) electrons. The van der Waals surface area contributed by atoms with Crippen molar-refractivity contribution in [3.8, 4) is 0 Å². The molecule has 1 aliphatic heterocycles. The zero-order valence-corrected chi connectivity index (χ0v) is 12.1. The SMILES string of the molecule is CC1CN(c2nc[nH]c(=O)c2Br)CCC1Br. The molecule has 2 unspecified atom stereocenters. The summed E-state index contributed by atoms with van der Waals surface area (Å²) in [6, 6.07) is 0. The zero-order chi connectivity index (χ0) is 11.7. The van der Waals surface area contributed by atoms with E-state index in [1.165, 1.54) is 6.33 Å². The van der Waals surface area contributed by atoms with E-state index in [1.807, 2.05) is 0 Å². The molecule has 1 fully saturated rings. The Bertz CT molecular complexity index is 434. The number of halogens is 2. The van der Waals surface area contributed by atoms with Crippen LogP contribution in [0.3, 0.4) is 0 Å². The lowest BCUT2D eigenvalue weighted by molar-refractivity contribution is 0.463. The number of nitrogens with one attached hydrogen (secondary N) is 1. The Hall–Kier alpha value is -0.360. The fourth-order valence-electron chi connectivity index (χ4n) is 1.90. The van der Waals surface area contributed by atoms with Gasteiger partial charge in [0.05, 0.1) is 6.33 Å². The van der Waals surface area contributed by atoms with E-state index < -0.39 is 0 Å². The summed E-state index contributed by atoms with van der Waals surface area (Å²) in [6.07, 6.45) is 2.52. The molecular weight excluding hydrogens is 338 g/mol. The lowest BCUT2D eigenvalue weighted by Crippen LogP contribution is -2.40. The van der Waals surface area contributed by atoms with Crippen LogP contribution in [0.2, 0.25) is 0 Å². The number of H-pyrrole nitrogens is 1. The second-order valence-corrected chi connectivity index (χ2v) is 6.07. The largest absolute Gasteiger partial charge is 0.355 e. The Labute approximate surface area is 111 Å². The molecular formula is C10H13Br2N3O. The normalized spacial score (nSPS) is 25.8. The fourth-order valence-corrected chi connectivity index (χ4v) is 2.74. The van der Waals surface area contributed by atoms with Gasteiger partial charge in [-0.25, -0.2) is 4.98 Å². The van der Waals surface area contributed by atoms with Crippen molar-refractivity contribution in [2.75, 3.05) is 18.0 Å². The highest BCUT2D eigenvalue weighted by atomic mass is 79.9. The van der Waals surface area contributed by atoms with Crippen molar-refractivity contribution < 1.29 is 0 Å². The van der Waals surface area contributed by atoms with Crippen LogP contribution in [0.1, 0.15) is 13.3 Å². The van der Waals surface area contributed by atoms with Gasteiger partial charge in [-0.15, -0.1) is 0 Å². The maximum Gasteiger partial charge on any atom is 0.267 e. The van der Waals surface area contributed by atoms with Gasteiger partial charge in [-0.3, -0.25) is 4.79 Å². The van der Waals surface area contributed by atoms with E-state index in [-0.39, 0.29) is 5.56 Å². The molecule has 1 aliphatic rings. The molecule has 1 aromatic rings. The molecule has 88 valence electrons. The van der Waals surface area contributed by atoms with Crippen LogP contribution in [0.25, 0.3) is 0 Å². The van der Waals surface area contributed by atoms with E-state index in [0.717, 1.165) is 25.3 Å². The molecule has 0 spiro atoms. The smallest absolute Gasteiger partial charge is 0.267 e. The third-order valence-electron chi connectivity index (χ3n) is 2.88. The molecule has 2 atom stereocenters. The van der Waals surface area contributed by atoms with Gasteiger partial charge in [-0.2, -0.15) is 0 Å². The van der Waals surface area contributed by atoms with Crippen molar-refractivity contribution in [2.24, 2.45) is 5.92 Å². The van der Waals surface area contributed by atoms with Crippen LogP contribution < -0.4 is 10.5 Å². The molecule has 0 aliphatic carbocycles. The molecule has 0 saturated carbocycles. The van der Waals surface area contributed by atoms with E-state index in [9.17, 15) is 4.79 Å². The molecule has 0 aromatic carbocycles. The van der Waals surface area contributed by atoms with Crippen molar-refractivity contribution in [3.05, 3.63) is 21.2 Å². The van der Waals surface area contributed by atoms with Gasteiger partial charge in [0.25, 0.3) is 5.56 Å². The summed E-state index contributed by atoms with van der Waals surface area (Å²) in [6.45, 7) is 4.05. The Morgan fingerprint density at radius 3 is 3.06 bits per heavy atom. The topological polar surface area (TPSA) is 49.0 Å². The molecule has 2 rings (SSSR count). The number of aromatic nitrogens is 2. The molecule has 1 N–H and O–H groups in total. The highest BCUT2D eigenvalue weighted by molar-refractivity contribution is 9.10. The van der Waals surface area contributed by atoms with Crippen molar-refractivity contribution in [3.63, 3.8) is 0 Å². The number of nitrogens with zero attached hydrogens (tertiary/aromatic N) is 2. The second kappa shape index (κ2) is 4.87. The average Bonchev–Trinajstić information content (AvgIpc) is 2.26. The minimum absolute atomic E-state index is 0.126. The molecule has 1 aromatic heterocycles. The van der Waals surface area contributed by atoms with E-state index in [4.69, 9.17) is 0 Å². The van der Waals surface area contributed by atoms with Crippen LogP contribution in [0.5, 0.6) is 0 Å². The minimum Gasteiger partial charge on any atom is -0.355 e. The van der Waals surface area contributed by atoms with Crippen LogP contribution >= 0.6 is 31.9 Å².